The van der Waals surface area contributed by atoms with Gasteiger partial charge in [0.25, 0.3) is 0 Å². The number of hydrogen-bond donors (Lipinski definition) is 1. The number of rotatable bonds is 8. The molecule has 0 spiro atoms. The van der Waals surface area contributed by atoms with Gasteiger partial charge in [-0.15, -0.1) is 36.2 Å². The molecular weight excluding hydrogens is 421 g/mol. The van der Waals surface area contributed by atoms with E-state index in [9.17, 15) is 4.79 Å². The summed E-state index contributed by atoms with van der Waals surface area (Å²) in [6.07, 6.45) is 0.279. The Morgan fingerprint density at radius 2 is 1.86 bits per heavy atom. The van der Waals surface area contributed by atoms with Gasteiger partial charge in [-0.2, -0.15) is 0 Å². The molecule has 2 rings (SSSR count). The number of nitrogens with two attached hydrogens (primary N) is 1. The van der Waals surface area contributed by atoms with Crippen LogP contribution in [0.1, 0.15) is 19.5 Å². The Morgan fingerprint density at radius 1 is 1.21 bits per heavy atom. The third-order valence-corrected chi connectivity index (χ3v) is 5.10. The summed E-state index contributed by atoms with van der Waals surface area (Å²) >= 11 is 1.51. The number of aromatic nitrogens is 1. The Hall–Kier alpha value is -1.54. The maximum absolute atomic E-state index is 12.4. The Balaban J connectivity index is 0.00000364. The Morgan fingerprint density at radius 3 is 2.43 bits per heavy atom. The molecule has 0 unspecified atom stereocenters. The fourth-order valence-electron chi connectivity index (χ4n) is 2.57. The summed E-state index contributed by atoms with van der Waals surface area (Å²) in [6.45, 7) is 5.25. The lowest BCUT2D eigenvalue weighted by molar-refractivity contribution is -0.130. The second-order valence-corrected chi connectivity index (χ2v) is 7.87. The summed E-state index contributed by atoms with van der Waals surface area (Å²) in [7, 11) is 5.01. The van der Waals surface area contributed by atoms with Crippen LogP contribution >= 0.6 is 36.2 Å². The number of methoxy groups -OCH3 is 2. The zero-order valence-corrected chi connectivity index (χ0v) is 19.3. The van der Waals surface area contributed by atoms with Gasteiger partial charge < -0.3 is 20.1 Å². The predicted molar refractivity (Wildman–Crippen MR) is 119 cm³/mol. The van der Waals surface area contributed by atoms with Crippen LogP contribution in [0.3, 0.4) is 0 Å². The maximum Gasteiger partial charge on any atom is 0.228 e. The van der Waals surface area contributed by atoms with Crippen molar-refractivity contribution in [3.8, 4) is 22.1 Å². The van der Waals surface area contributed by atoms with E-state index < -0.39 is 0 Å². The largest absolute Gasteiger partial charge is 0.493 e. The van der Waals surface area contributed by atoms with E-state index >= 15 is 0 Å². The lowest BCUT2D eigenvalue weighted by Crippen LogP contribution is -2.40. The van der Waals surface area contributed by atoms with Gasteiger partial charge in [-0.1, -0.05) is 13.8 Å². The van der Waals surface area contributed by atoms with Crippen LogP contribution in [0.2, 0.25) is 0 Å². The first-order chi connectivity index (χ1) is 12.3. The van der Waals surface area contributed by atoms with Crippen LogP contribution in [0.4, 0.5) is 0 Å². The predicted octanol–water partition coefficient (Wildman–Crippen LogP) is 3.66. The summed E-state index contributed by atoms with van der Waals surface area (Å²) in [5, 5.41) is 2.77. The number of ether oxygens (including phenoxy) is 2. The van der Waals surface area contributed by atoms with Gasteiger partial charge in [0.15, 0.2) is 11.5 Å². The number of benzene rings is 1. The van der Waals surface area contributed by atoms with Crippen molar-refractivity contribution in [2.45, 2.75) is 20.3 Å². The molecule has 28 heavy (non-hydrogen) atoms. The maximum atomic E-state index is 12.4. The van der Waals surface area contributed by atoms with E-state index in [1.54, 1.807) is 26.2 Å². The number of likely N-dealkylation sites (N-methyl/N-ethyl adjacent to an activating group) is 1. The van der Waals surface area contributed by atoms with Gasteiger partial charge in [-0.3, -0.25) is 4.79 Å². The Kier molecular flexibility index (Phi) is 10.8. The lowest BCUT2D eigenvalue weighted by atomic mass is 9.93. The van der Waals surface area contributed by atoms with Crippen LogP contribution in [0.15, 0.2) is 23.6 Å². The van der Waals surface area contributed by atoms with Crippen molar-refractivity contribution in [3.05, 3.63) is 29.3 Å². The third-order valence-electron chi connectivity index (χ3n) is 4.16. The quantitative estimate of drug-likeness (QED) is 0.664. The zero-order chi connectivity index (χ0) is 19.3. The van der Waals surface area contributed by atoms with Crippen LogP contribution < -0.4 is 15.2 Å². The van der Waals surface area contributed by atoms with E-state index in [2.05, 4.69) is 18.8 Å². The summed E-state index contributed by atoms with van der Waals surface area (Å²) in [5.74, 6) is 1.37. The lowest BCUT2D eigenvalue weighted by Gasteiger charge is -2.28. The molecule has 6 nitrogen and oxygen atoms in total. The van der Waals surface area contributed by atoms with Gasteiger partial charge in [0.05, 0.1) is 26.3 Å². The van der Waals surface area contributed by atoms with Crippen molar-refractivity contribution in [2.75, 3.05) is 34.4 Å². The average molecular weight is 450 g/mol. The number of halogens is 2. The molecule has 9 heteroatoms. The smallest absolute Gasteiger partial charge is 0.228 e. The molecule has 0 aliphatic carbocycles. The number of nitrogens with zero attached hydrogens (tertiary/aromatic N) is 2. The highest BCUT2D eigenvalue weighted by molar-refractivity contribution is 7.13. The van der Waals surface area contributed by atoms with Gasteiger partial charge in [0.1, 0.15) is 5.01 Å². The molecule has 0 radical (unpaired) electrons. The summed E-state index contributed by atoms with van der Waals surface area (Å²) in [6, 6.07) is 5.67. The molecule has 1 aromatic carbocycles. The molecule has 0 aliphatic rings. The van der Waals surface area contributed by atoms with Crippen molar-refractivity contribution in [1.82, 2.24) is 9.88 Å². The highest BCUT2D eigenvalue weighted by Gasteiger charge is 2.22. The van der Waals surface area contributed by atoms with Crippen molar-refractivity contribution >= 4 is 42.1 Å². The topological polar surface area (TPSA) is 77.7 Å². The number of thiazole rings is 1. The van der Waals surface area contributed by atoms with Crippen LogP contribution in [-0.2, 0) is 11.2 Å². The summed E-state index contributed by atoms with van der Waals surface area (Å²) < 4.78 is 10.6. The van der Waals surface area contributed by atoms with Gasteiger partial charge in [-0.25, -0.2) is 4.98 Å². The highest BCUT2D eigenvalue weighted by Crippen LogP contribution is 2.33. The van der Waals surface area contributed by atoms with Crippen molar-refractivity contribution in [3.63, 3.8) is 0 Å². The summed E-state index contributed by atoms with van der Waals surface area (Å²) in [5.41, 5.74) is 7.35. The zero-order valence-electron chi connectivity index (χ0n) is 16.9. The summed E-state index contributed by atoms with van der Waals surface area (Å²) in [4.78, 5) is 18.8. The van der Waals surface area contributed by atoms with E-state index in [4.69, 9.17) is 15.2 Å². The third kappa shape index (κ3) is 6.81. The van der Waals surface area contributed by atoms with E-state index in [-0.39, 0.29) is 42.6 Å². The molecule has 0 saturated carbocycles. The van der Waals surface area contributed by atoms with E-state index in [1.807, 2.05) is 23.6 Å². The SMILES string of the molecule is COc1ccc(-c2nc(CC(=O)N(C)CC(C)(C)CN)cs2)cc1OC.Cl.Cl. The normalized spacial score (nSPS) is 10.5. The second kappa shape index (κ2) is 11.5. The standard InChI is InChI=1S/C19H27N3O3S.2ClH/c1-19(2,11-20)12-22(3)17(23)9-14-10-26-18(21-14)13-6-7-15(24-4)16(8-13)25-5;;/h6-8,10H,9,11-12,20H2,1-5H3;2*1H. The van der Waals surface area contributed by atoms with Crippen LogP contribution in [0.25, 0.3) is 10.6 Å². The van der Waals surface area contributed by atoms with Gasteiger partial charge in [0, 0.05) is 24.5 Å². The van der Waals surface area contributed by atoms with Crippen molar-refractivity contribution < 1.29 is 14.3 Å². The molecule has 0 saturated heterocycles. The van der Waals surface area contributed by atoms with Crippen molar-refractivity contribution in [2.24, 2.45) is 11.1 Å². The van der Waals surface area contributed by atoms with E-state index in [0.717, 1.165) is 16.3 Å². The number of hydrogen-bond acceptors (Lipinski definition) is 6. The van der Waals surface area contributed by atoms with Crippen molar-refractivity contribution in [1.29, 1.82) is 0 Å². The molecule has 1 aromatic heterocycles. The monoisotopic (exact) mass is 449 g/mol. The minimum Gasteiger partial charge on any atom is -0.493 e. The average Bonchev–Trinajstić information content (AvgIpc) is 3.09. The number of carbonyl (C=O) groups excluding carboxylic acids is 1. The minimum atomic E-state index is -0.0999. The molecule has 2 N–H and O–H groups in total. The van der Waals surface area contributed by atoms with Crippen LogP contribution in [0, 0.1) is 5.41 Å². The van der Waals surface area contributed by atoms with E-state index in [1.165, 1.54) is 11.3 Å². The molecule has 0 aliphatic heterocycles. The molecule has 0 atom stereocenters. The molecule has 0 bridgehead atoms. The second-order valence-electron chi connectivity index (χ2n) is 7.01. The molecule has 0 fully saturated rings. The number of carbonyl (C=O) groups is 1. The Bertz CT molecular complexity index is 769. The molecule has 2 aromatic rings. The van der Waals surface area contributed by atoms with Gasteiger partial charge >= 0.3 is 0 Å². The van der Waals surface area contributed by atoms with Gasteiger partial charge in [0.2, 0.25) is 5.91 Å². The fraction of sp³-hybridized carbons (Fsp3) is 0.474. The van der Waals surface area contributed by atoms with Crippen LogP contribution in [-0.4, -0.2) is 50.1 Å². The Labute approximate surface area is 183 Å². The molecular formula is C19H29Cl2N3O3S. The molecule has 1 heterocycles. The highest BCUT2D eigenvalue weighted by atomic mass is 35.5. The number of amides is 1. The minimum absolute atomic E-state index is 0. The molecule has 158 valence electrons. The van der Waals surface area contributed by atoms with Gasteiger partial charge in [-0.05, 0) is 30.2 Å². The fourth-order valence-corrected chi connectivity index (χ4v) is 3.39. The van der Waals surface area contributed by atoms with E-state index in [0.29, 0.717) is 24.6 Å². The first-order valence-corrected chi connectivity index (χ1v) is 9.28. The first kappa shape index (κ1) is 26.5. The van der Waals surface area contributed by atoms with Crippen LogP contribution in [0.5, 0.6) is 11.5 Å². The first-order valence-electron chi connectivity index (χ1n) is 8.40. The molecule has 1 amide bonds.